The summed E-state index contributed by atoms with van der Waals surface area (Å²) in [6.07, 6.45) is 1.73. The molecule has 26 heavy (non-hydrogen) atoms. The van der Waals surface area contributed by atoms with E-state index in [0.29, 0.717) is 12.0 Å². The van der Waals surface area contributed by atoms with Crippen molar-refractivity contribution < 1.29 is 18.0 Å². The third-order valence-corrected chi connectivity index (χ3v) is 5.66. The van der Waals surface area contributed by atoms with Crippen LogP contribution < -0.4 is 15.4 Å². The Balaban J connectivity index is 2.57. The highest BCUT2D eigenvalue weighted by molar-refractivity contribution is 7.89. The van der Waals surface area contributed by atoms with Crippen LogP contribution in [0.15, 0.2) is 29.2 Å². The minimum absolute atomic E-state index is 0.108. The number of hydrogen-bond acceptors (Lipinski definition) is 4. The SMILES string of the molecule is CCC(C)NC(=O)CCNC(=O)c1ccc(S(=O)(=O)NC(C)CC)cc1. The molecule has 1 rings (SSSR count). The Morgan fingerprint density at radius 1 is 1.00 bits per heavy atom. The van der Waals surface area contributed by atoms with E-state index in [2.05, 4.69) is 15.4 Å². The van der Waals surface area contributed by atoms with E-state index in [1.54, 1.807) is 6.92 Å². The van der Waals surface area contributed by atoms with Gasteiger partial charge >= 0.3 is 0 Å². The van der Waals surface area contributed by atoms with Gasteiger partial charge in [-0.1, -0.05) is 13.8 Å². The maximum absolute atomic E-state index is 12.2. The lowest BCUT2D eigenvalue weighted by Gasteiger charge is -2.13. The van der Waals surface area contributed by atoms with Crippen LogP contribution in [0.25, 0.3) is 0 Å². The zero-order valence-electron chi connectivity index (χ0n) is 15.8. The highest BCUT2D eigenvalue weighted by atomic mass is 32.2. The topological polar surface area (TPSA) is 104 Å². The van der Waals surface area contributed by atoms with Gasteiger partial charge < -0.3 is 10.6 Å². The summed E-state index contributed by atoms with van der Waals surface area (Å²) in [6.45, 7) is 7.80. The summed E-state index contributed by atoms with van der Waals surface area (Å²) >= 11 is 0. The van der Waals surface area contributed by atoms with E-state index in [-0.39, 0.29) is 41.8 Å². The molecule has 0 aliphatic rings. The lowest BCUT2D eigenvalue weighted by atomic mass is 10.2. The van der Waals surface area contributed by atoms with Crippen molar-refractivity contribution in [3.05, 3.63) is 29.8 Å². The highest BCUT2D eigenvalue weighted by Crippen LogP contribution is 2.11. The van der Waals surface area contributed by atoms with Crippen LogP contribution in [0.2, 0.25) is 0 Å². The molecule has 0 fully saturated rings. The van der Waals surface area contributed by atoms with Gasteiger partial charge in [0.2, 0.25) is 15.9 Å². The molecule has 0 saturated heterocycles. The van der Waals surface area contributed by atoms with Crippen molar-refractivity contribution in [1.29, 1.82) is 0 Å². The lowest BCUT2D eigenvalue weighted by molar-refractivity contribution is -0.121. The fourth-order valence-corrected chi connectivity index (χ4v) is 3.37. The van der Waals surface area contributed by atoms with Crippen molar-refractivity contribution in [2.75, 3.05) is 6.54 Å². The van der Waals surface area contributed by atoms with E-state index >= 15 is 0 Å². The van der Waals surface area contributed by atoms with E-state index in [4.69, 9.17) is 0 Å². The van der Waals surface area contributed by atoms with Crippen LogP contribution in [0, 0.1) is 0 Å². The van der Waals surface area contributed by atoms with Gasteiger partial charge in [0.05, 0.1) is 4.90 Å². The second kappa shape index (κ2) is 10.3. The largest absolute Gasteiger partial charge is 0.354 e. The third kappa shape index (κ3) is 7.13. The molecule has 1 aromatic carbocycles. The summed E-state index contributed by atoms with van der Waals surface area (Å²) in [6, 6.07) is 5.66. The summed E-state index contributed by atoms with van der Waals surface area (Å²) in [7, 11) is -3.59. The second-order valence-electron chi connectivity index (χ2n) is 6.34. The number of rotatable bonds is 10. The van der Waals surface area contributed by atoms with Crippen molar-refractivity contribution in [1.82, 2.24) is 15.4 Å². The fourth-order valence-electron chi connectivity index (χ4n) is 2.04. The summed E-state index contributed by atoms with van der Waals surface area (Å²) in [5.74, 6) is -0.461. The third-order valence-electron chi connectivity index (χ3n) is 4.05. The molecule has 0 heterocycles. The van der Waals surface area contributed by atoms with Gasteiger partial charge in [0, 0.05) is 30.6 Å². The molecule has 0 spiro atoms. The first-order valence-corrected chi connectivity index (χ1v) is 10.4. The van der Waals surface area contributed by atoms with Crippen LogP contribution in [-0.2, 0) is 14.8 Å². The van der Waals surface area contributed by atoms with Gasteiger partial charge in [0.25, 0.3) is 5.91 Å². The van der Waals surface area contributed by atoms with Gasteiger partial charge in [-0.2, -0.15) is 0 Å². The summed E-state index contributed by atoms with van der Waals surface area (Å²) in [5.41, 5.74) is 0.342. The van der Waals surface area contributed by atoms with Gasteiger partial charge in [0.1, 0.15) is 0 Å². The van der Waals surface area contributed by atoms with Gasteiger partial charge in [-0.15, -0.1) is 0 Å². The maximum Gasteiger partial charge on any atom is 0.251 e. The van der Waals surface area contributed by atoms with E-state index < -0.39 is 10.0 Å². The van der Waals surface area contributed by atoms with Gasteiger partial charge in [-0.25, -0.2) is 13.1 Å². The molecule has 0 aliphatic heterocycles. The monoisotopic (exact) mass is 383 g/mol. The van der Waals surface area contributed by atoms with Gasteiger partial charge in [0.15, 0.2) is 0 Å². The minimum atomic E-state index is -3.59. The molecule has 7 nitrogen and oxygen atoms in total. The Morgan fingerprint density at radius 3 is 2.12 bits per heavy atom. The summed E-state index contributed by atoms with van der Waals surface area (Å²) in [4.78, 5) is 23.9. The Morgan fingerprint density at radius 2 is 1.58 bits per heavy atom. The van der Waals surface area contributed by atoms with Crippen LogP contribution in [0.1, 0.15) is 57.3 Å². The average molecular weight is 384 g/mol. The minimum Gasteiger partial charge on any atom is -0.354 e. The molecule has 2 atom stereocenters. The van der Waals surface area contributed by atoms with E-state index in [1.807, 2.05) is 20.8 Å². The van der Waals surface area contributed by atoms with Crippen molar-refractivity contribution >= 4 is 21.8 Å². The maximum atomic E-state index is 12.2. The number of hydrogen-bond donors (Lipinski definition) is 3. The van der Waals surface area contributed by atoms with Crippen LogP contribution in [0.5, 0.6) is 0 Å². The number of nitrogens with one attached hydrogen (secondary N) is 3. The van der Waals surface area contributed by atoms with E-state index in [1.165, 1.54) is 24.3 Å². The molecule has 1 aromatic rings. The van der Waals surface area contributed by atoms with Crippen LogP contribution in [0.3, 0.4) is 0 Å². The molecular weight excluding hydrogens is 354 g/mol. The second-order valence-corrected chi connectivity index (χ2v) is 8.05. The van der Waals surface area contributed by atoms with Crippen molar-refractivity contribution in [3.8, 4) is 0 Å². The quantitative estimate of drug-likeness (QED) is 0.573. The Labute approximate surface area is 156 Å². The average Bonchev–Trinajstić information content (AvgIpc) is 2.61. The molecule has 2 amide bonds. The molecule has 8 heteroatoms. The number of amides is 2. The first kappa shape index (κ1) is 22.1. The van der Waals surface area contributed by atoms with Crippen LogP contribution >= 0.6 is 0 Å². The van der Waals surface area contributed by atoms with Crippen LogP contribution in [-0.4, -0.2) is 38.9 Å². The van der Waals surface area contributed by atoms with E-state index in [0.717, 1.165) is 6.42 Å². The first-order chi connectivity index (χ1) is 12.2. The predicted molar refractivity (Wildman–Crippen MR) is 101 cm³/mol. The molecule has 3 N–H and O–H groups in total. The van der Waals surface area contributed by atoms with Gasteiger partial charge in [-0.3, -0.25) is 9.59 Å². The molecule has 0 saturated carbocycles. The van der Waals surface area contributed by atoms with Crippen molar-refractivity contribution in [2.45, 2.75) is 63.9 Å². The fraction of sp³-hybridized carbons (Fsp3) is 0.556. The summed E-state index contributed by atoms with van der Waals surface area (Å²) < 4.78 is 26.9. The molecule has 146 valence electrons. The van der Waals surface area contributed by atoms with E-state index in [9.17, 15) is 18.0 Å². The van der Waals surface area contributed by atoms with Crippen LogP contribution in [0.4, 0.5) is 0 Å². The van der Waals surface area contributed by atoms with Crippen molar-refractivity contribution in [3.63, 3.8) is 0 Å². The first-order valence-electron chi connectivity index (χ1n) is 8.89. The molecule has 0 bridgehead atoms. The lowest BCUT2D eigenvalue weighted by Crippen LogP contribution is -2.35. The normalized spacial score (nSPS) is 13.7. The zero-order valence-corrected chi connectivity index (χ0v) is 16.7. The number of sulfonamides is 1. The zero-order chi connectivity index (χ0) is 19.7. The smallest absolute Gasteiger partial charge is 0.251 e. The number of carbonyl (C=O) groups is 2. The molecule has 0 radical (unpaired) electrons. The molecule has 2 unspecified atom stereocenters. The Hall–Kier alpha value is -1.93. The molecule has 0 aromatic heterocycles. The summed E-state index contributed by atoms with van der Waals surface area (Å²) in [5, 5.41) is 5.48. The van der Waals surface area contributed by atoms with Crippen molar-refractivity contribution in [2.24, 2.45) is 0 Å². The highest BCUT2D eigenvalue weighted by Gasteiger charge is 2.17. The Bertz CT molecular complexity index is 702. The predicted octanol–water partition coefficient (Wildman–Crippen LogP) is 1.80. The standard InChI is InChI=1S/C18H29N3O4S/c1-5-13(3)20-17(22)11-12-19-18(23)15-7-9-16(10-8-15)26(24,25)21-14(4)6-2/h7-10,13-14,21H,5-6,11-12H2,1-4H3,(H,19,23)(H,20,22). The Kier molecular flexibility index (Phi) is 8.74. The number of carbonyl (C=O) groups excluding carboxylic acids is 2. The molecule has 0 aliphatic carbocycles. The molecular formula is C18H29N3O4S. The van der Waals surface area contributed by atoms with Gasteiger partial charge in [-0.05, 0) is 51.0 Å². The number of benzene rings is 1.